The molecule has 2 aliphatic rings. The van der Waals surface area contributed by atoms with Gasteiger partial charge in [0.05, 0.1) is 44.2 Å². The van der Waals surface area contributed by atoms with Crippen LogP contribution in [0.2, 0.25) is 0 Å². The number of hydrogen-bond donors (Lipinski definition) is 1. The maximum atomic E-state index is 12.8. The van der Waals surface area contributed by atoms with E-state index in [2.05, 4.69) is 29.2 Å². The summed E-state index contributed by atoms with van der Waals surface area (Å²) in [6, 6.07) is 2.17. The number of carbonyl (C=O) groups is 1. The molecule has 7 heteroatoms. The predicted octanol–water partition coefficient (Wildman–Crippen LogP) is 0.931. The lowest BCUT2D eigenvalue weighted by atomic mass is 10.1. The zero-order valence-corrected chi connectivity index (χ0v) is 15.5. The molecule has 0 radical (unpaired) electrons. The largest absolute Gasteiger partial charge is 0.379 e. The fraction of sp³-hybridized carbons (Fsp3) is 0.778. The number of rotatable bonds is 6. The lowest BCUT2D eigenvalue weighted by Gasteiger charge is -2.34. The summed E-state index contributed by atoms with van der Waals surface area (Å²) < 4.78 is 12.9. The van der Waals surface area contributed by atoms with Gasteiger partial charge in [0.25, 0.3) is 5.91 Å². The molecule has 1 N–H and O–H groups in total. The van der Waals surface area contributed by atoms with Crippen LogP contribution in [0.5, 0.6) is 0 Å². The Balaban J connectivity index is 1.67. The van der Waals surface area contributed by atoms with Crippen LogP contribution in [0.25, 0.3) is 0 Å². The second-order valence-electron chi connectivity index (χ2n) is 7.27. The van der Waals surface area contributed by atoms with Gasteiger partial charge >= 0.3 is 0 Å². The highest BCUT2D eigenvalue weighted by Gasteiger charge is 2.35. The van der Waals surface area contributed by atoms with Crippen molar-refractivity contribution in [3.63, 3.8) is 0 Å². The third-order valence-electron chi connectivity index (χ3n) is 4.86. The van der Waals surface area contributed by atoms with Crippen LogP contribution in [-0.2, 0) is 22.4 Å². The van der Waals surface area contributed by atoms with E-state index in [1.807, 2.05) is 13.0 Å². The molecule has 0 aromatic carbocycles. The number of carbonyl (C=O) groups excluding carboxylic acids is 1. The van der Waals surface area contributed by atoms with E-state index in [1.54, 1.807) is 4.68 Å². The van der Waals surface area contributed by atoms with Crippen LogP contribution in [0.3, 0.4) is 0 Å². The Hall–Kier alpha value is -1.44. The summed E-state index contributed by atoms with van der Waals surface area (Å²) in [5.74, 6) is 0.461. The Morgan fingerprint density at radius 3 is 2.76 bits per heavy atom. The second-order valence-corrected chi connectivity index (χ2v) is 7.27. The lowest BCUT2D eigenvalue weighted by molar-refractivity contribution is 0.0108. The van der Waals surface area contributed by atoms with Crippen LogP contribution in [-0.4, -0.2) is 72.2 Å². The van der Waals surface area contributed by atoms with Crippen molar-refractivity contribution in [3.8, 4) is 0 Å². The smallest absolute Gasteiger partial charge is 0.269 e. The van der Waals surface area contributed by atoms with Crippen LogP contribution in [0.4, 0.5) is 0 Å². The van der Waals surface area contributed by atoms with Gasteiger partial charge in [-0.05, 0) is 25.3 Å². The minimum Gasteiger partial charge on any atom is -0.379 e. The highest BCUT2D eigenvalue weighted by atomic mass is 16.5. The number of aryl methyl sites for hydroxylation is 1. The molecular formula is C18H30N4O3. The van der Waals surface area contributed by atoms with Crippen LogP contribution in [0, 0.1) is 5.92 Å². The Morgan fingerprint density at radius 1 is 1.32 bits per heavy atom. The number of amides is 1. The third kappa shape index (κ3) is 4.40. The van der Waals surface area contributed by atoms with Gasteiger partial charge < -0.3 is 14.8 Å². The number of nitrogens with one attached hydrogen (secondary N) is 1. The first kappa shape index (κ1) is 18.4. The van der Waals surface area contributed by atoms with Crippen LogP contribution >= 0.6 is 0 Å². The summed E-state index contributed by atoms with van der Waals surface area (Å²) >= 11 is 0. The van der Waals surface area contributed by atoms with Crippen molar-refractivity contribution in [2.45, 2.75) is 45.8 Å². The number of nitrogens with zero attached hydrogens (tertiary/aromatic N) is 3. The van der Waals surface area contributed by atoms with E-state index < -0.39 is 0 Å². The van der Waals surface area contributed by atoms with Crippen molar-refractivity contribution in [3.05, 3.63) is 17.5 Å². The molecule has 25 heavy (non-hydrogen) atoms. The Kier molecular flexibility index (Phi) is 6.09. The predicted molar refractivity (Wildman–Crippen MR) is 94.7 cm³/mol. The average molecular weight is 350 g/mol. The Labute approximate surface area is 149 Å². The normalized spacial score (nSPS) is 24.8. The van der Waals surface area contributed by atoms with Crippen molar-refractivity contribution < 1.29 is 14.3 Å². The fourth-order valence-electron chi connectivity index (χ4n) is 3.60. The van der Waals surface area contributed by atoms with Gasteiger partial charge in [-0.15, -0.1) is 0 Å². The molecule has 0 spiro atoms. The van der Waals surface area contributed by atoms with E-state index in [1.165, 1.54) is 0 Å². The molecular weight excluding hydrogens is 320 g/mol. The number of hydrogen-bond acceptors (Lipinski definition) is 5. The molecule has 1 aromatic heterocycles. The quantitative estimate of drug-likeness (QED) is 0.827. The van der Waals surface area contributed by atoms with Crippen LogP contribution < -0.4 is 5.32 Å². The van der Waals surface area contributed by atoms with Gasteiger partial charge in [-0.25, -0.2) is 0 Å². The summed E-state index contributed by atoms with van der Waals surface area (Å²) in [5, 5.41) is 7.75. The first-order valence-electron chi connectivity index (χ1n) is 9.35. The van der Waals surface area contributed by atoms with Gasteiger partial charge in [0.1, 0.15) is 5.69 Å². The molecule has 2 saturated heterocycles. The van der Waals surface area contributed by atoms with E-state index >= 15 is 0 Å². The molecule has 2 atom stereocenters. The van der Waals surface area contributed by atoms with Crippen molar-refractivity contribution in [1.29, 1.82) is 0 Å². The van der Waals surface area contributed by atoms with Crippen LogP contribution in [0.15, 0.2) is 6.07 Å². The molecule has 1 aromatic rings. The van der Waals surface area contributed by atoms with E-state index in [0.29, 0.717) is 31.4 Å². The summed E-state index contributed by atoms with van der Waals surface area (Å²) in [5.41, 5.74) is 1.63. The average Bonchev–Trinajstić information content (AvgIpc) is 3.21. The molecule has 3 rings (SSSR count). The third-order valence-corrected chi connectivity index (χ3v) is 4.86. The first-order valence-corrected chi connectivity index (χ1v) is 9.35. The van der Waals surface area contributed by atoms with E-state index in [-0.39, 0.29) is 18.0 Å². The van der Waals surface area contributed by atoms with Gasteiger partial charge in [-0.1, -0.05) is 13.8 Å². The number of ether oxygens (including phenoxy) is 2. The molecule has 140 valence electrons. The van der Waals surface area contributed by atoms with Gasteiger partial charge in [0.15, 0.2) is 0 Å². The van der Waals surface area contributed by atoms with Crippen molar-refractivity contribution in [2.75, 3.05) is 39.5 Å². The monoisotopic (exact) mass is 350 g/mol. The molecule has 0 saturated carbocycles. The maximum Gasteiger partial charge on any atom is 0.269 e. The molecule has 2 aliphatic heterocycles. The highest BCUT2D eigenvalue weighted by Crippen LogP contribution is 2.16. The minimum absolute atomic E-state index is 0.0133. The summed E-state index contributed by atoms with van der Waals surface area (Å²) in [4.78, 5) is 15.2. The van der Waals surface area contributed by atoms with Crippen LogP contribution in [0.1, 0.15) is 37.0 Å². The fourth-order valence-corrected chi connectivity index (χ4v) is 3.60. The van der Waals surface area contributed by atoms with E-state index in [9.17, 15) is 4.79 Å². The van der Waals surface area contributed by atoms with Gasteiger partial charge in [0.2, 0.25) is 0 Å². The second kappa shape index (κ2) is 8.29. The lowest BCUT2D eigenvalue weighted by Crippen LogP contribution is -2.54. The summed E-state index contributed by atoms with van der Waals surface area (Å²) in [6.07, 6.45) is 0.885. The zero-order chi connectivity index (χ0) is 17.8. The molecule has 0 bridgehead atoms. The van der Waals surface area contributed by atoms with E-state index in [4.69, 9.17) is 9.47 Å². The molecule has 7 nitrogen and oxygen atoms in total. The molecule has 0 unspecified atom stereocenters. The standard InChI is InChI=1S/C18H30N4O3/c1-4-22-16(10-14(20-22)9-13(2)3)18(23)19-15-11-25-12-17(15)21-5-7-24-8-6-21/h10,13,15,17H,4-9,11-12H2,1-3H3,(H,19,23)/t15-,17-/m1/s1. The van der Waals surface area contributed by atoms with Crippen molar-refractivity contribution in [2.24, 2.45) is 5.92 Å². The molecule has 0 aliphatic carbocycles. The van der Waals surface area contributed by atoms with Crippen molar-refractivity contribution in [1.82, 2.24) is 20.0 Å². The molecule has 1 amide bonds. The number of morpholine rings is 1. The van der Waals surface area contributed by atoms with E-state index in [0.717, 1.165) is 38.4 Å². The van der Waals surface area contributed by atoms with Gasteiger partial charge in [-0.3, -0.25) is 14.4 Å². The SMILES string of the molecule is CCn1nc(CC(C)C)cc1C(=O)N[C@@H]1COC[C@H]1N1CCOCC1. The Morgan fingerprint density at radius 2 is 2.08 bits per heavy atom. The van der Waals surface area contributed by atoms with Gasteiger partial charge in [0, 0.05) is 19.6 Å². The summed E-state index contributed by atoms with van der Waals surface area (Å²) in [6.45, 7) is 11.5. The van der Waals surface area contributed by atoms with Crippen molar-refractivity contribution >= 4 is 5.91 Å². The highest BCUT2D eigenvalue weighted by molar-refractivity contribution is 5.93. The topological polar surface area (TPSA) is 68.6 Å². The van der Waals surface area contributed by atoms with Gasteiger partial charge in [-0.2, -0.15) is 5.10 Å². The maximum absolute atomic E-state index is 12.8. The zero-order valence-electron chi connectivity index (χ0n) is 15.5. The Bertz CT molecular complexity index is 581. The number of aromatic nitrogens is 2. The first-order chi connectivity index (χ1) is 12.1. The summed E-state index contributed by atoms with van der Waals surface area (Å²) in [7, 11) is 0. The minimum atomic E-state index is -0.0573. The molecule has 3 heterocycles. The molecule has 2 fully saturated rings.